The Balaban J connectivity index is 1.89. The number of hydrogen-bond acceptors (Lipinski definition) is 5. The molecule has 0 spiro atoms. The Bertz CT molecular complexity index is 372. The molecular formula is C13H21IO5. The average molecular weight is 384 g/mol. The third-order valence-electron chi connectivity index (χ3n) is 3.72. The van der Waals surface area contributed by atoms with Crippen LogP contribution in [0.3, 0.4) is 0 Å². The summed E-state index contributed by atoms with van der Waals surface area (Å²) in [6.45, 7) is 8.17. The molecule has 3 aliphatic heterocycles. The van der Waals surface area contributed by atoms with E-state index >= 15 is 0 Å². The molecule has 0 N–H and O–H groups in total. The van der Waals surface area contributed by atoms with Crippen molar-refractivity contribution < 1.29 is 23.7 Å². The molecule has 0 aromatic rings. The predicted octanol–water partition coefficient (Wildman–Crippen LogP) is 2.21. The minimum Gasteiger partial charge on any atom is -0.344 e. The second-order valence-corrected chi connectivity index (χ2v) is 7.32. The Morgan fingerprint density at radius 2 is 1.79 bits per heavy atom. The van der Waals surface area contributed by atoms with E-state index in [9.17, 15) is 0 Å². The summed E-state index contributed by atoms with van der Waals surface area (Å²) in [6, 6.07) is 0. The Hall–Kier alpha value is 0.530. The first kappa shape index (κ1) is 14.5. The molecule has 19 heavy (non-hydrogen) atoms. The van der Waals surface area contributed by atoms with Crippen molar-refractivity contribution in [3.8, 4) is 0 Å². The van der Waals surface area contributed by atoms with Crippen molar-refractivity contribution in [2.45, 2.75) is 69.8 Å². The third kappa shape index (κ3) is 2.44. The minimum absolute atomic E-state index is 0.0835. The van der Waals surface area contributed by atoms with E-state index in [0.29, 0.717) is 6.61 Å². The van der Waals surface area contributed by atoms with E-state index in [1.54, 1.807) is 0 Å². The van der Waals surface area contributed by atoms with E-state index in [1.165, 1.54) is 0 Å². The predicted molar refractivity (Wildman–Crippen MR) is 76.0 cm³/mol. The highest BCUT2D eigenvalue weighted by Crippen LogP contribution is 2.48. The van der Waals surface area contributed by atoms with Crippen LogP contribution in [0.15, 0.2) is 0 Å². The first-order valence-electron chi connectivity index (χ1n) is 6.70. The molecular weight excluding hydrogens is 363 g/mol. The van der Waals surface area contributed by atoms with Gasteiger partial charge in [-0.2, -0.15) is 0 Å². The molecule has 3 fully saturated rings. The zero-order valence-corrected chi connectivity index (χ0v) is 13.9. The van der Waals surface area contributed by atoms with Crippen LogP contribution in [0.25, 0.3) is 0 Å². The van der Waals surface area contributed by atoms with Crippen LogP contribution in [-0.2, 0) is 23.7 Å². The molecule has 0 aromatic carbocycles. The third-order valence-corrected chi connectivity index (χ3v) is 4.26. The summed E-state index contributed by atoms with van der Waals surface area (Å²) in [5, 5.41) is 0. The summed E-state index contributed by atoms with van der Waals surface area (Å²) in [5.74, 6) is -1.94. The van der Waals surface area contributed by atoms with E-state index in [-0.39, 0.29) is 18.3 Å². The second kappa shape index (κ2) is 4.51. The average Bonchev–Trinajstić information content (AvgIpc) is 2.71. The highest BCUT2D eigenvalue weighted by Gasteiger charge is 2.64. The summed E-state index contributed by atoms with van der Waals surface area (Å²) in [7, 11) is 0. The molecule has 5 nitrogen and oxygen atoms in total. The van der Waals surface area contributed by atoms with E-state index in [0.717, 1.165) is 10.8 Å². The number of rotatable bonds is 2. The van der Waals surface area contributed by atoms with Crippen LogP contribution in [0.1, 0.15) is 34.1 Å². The fourth-order valence-electron chi connectivity index (χ4n) is 3.19. The normalized spacial score (nSPS) is 46.9. The molecule has 4 atom stereocenters. The van der Waals surface area contributed by atoms with E-state index in [4.69, 9.17) is 23.7 Å². The molecule has 0 unspecified atom stereocenters. The van der Waals surface area contributed by atoms with Crippen LogP contribution in [0.4, 0.5) is 0 Å². The van der Waals surface area contributed by atoms with Gasteiger partial charge in [-0.1, -0.05) is 22.6 Å². The topological polar surface area (TPSA) is 46.2 Å². The molecule has 3 heterocycles. The van der Waals surface area contributed by atoms with E-state index in [2.05, 4.69) is 22.6 Å². The molecule has 0 aliphatic carbocycles. The van der Waals surface area contributed by atoms with Gasteiger partial charge < -0.3 is 23.7 Å². The Labute approximate surface area is 127 Å². The molecule has 0 bridgehead atoms. The molecule has 0 amide bonds. The Morgan fingerprint density at radius 1 is 1.05 bits per heavy atom. The number of fused-ring (bicyclic) bond motifs is 3. The molecule has 0 radical (unpaired) electrons. The van der Waals surface area contributed by atoms with E-state index in [1.807, 2.05) is 27.7 Å². The zero-order chi connectivity index (χ0) is 13.9. The molecule has 110 valence electrons. The van der Waals surface area contributed by atoms with E-state index < -0.39 is 17.4 Å². The quantitative estimate of drug-likeness (QED) is 0.540. The van der Waals surface area contributed by atoms with Gasteiger partial charge in [0.2, 0.25) is 5.79 Å². The van der Waals surface area contributed by atoms with Gasteiger partial charge in [0.05, 0.1) is 6.61 Å². The summed E-state index contributed by atoms with van der Waals surface area (Å²) in [4.78, 5) is 0. The zero-order valence-electron chi connectivity index (χ0n) is 11.8. The van der Waals surface area contributed by atoms with Crippen LogP contribution in [-0.4, -0.2) is 46.7 Å². The van der Waals surface area contributed by atoms with Crippen molar-refractivity contribution in [1.29, 1.82) is 0 Å². The minimum atomic E-state index is -0.699. The van der Waals surface area contributed by atoms with Crippen molar-refractivity contribution in [2.24, 2.45) is 0 Å². The standard InChI is InChI=1S/C13H21IO5/c1-11(2)16-8-7-15-13(5-6-14)10(9(8)17-11)18-12(3,4)19-13/h8-10H,5-7H2,1-4H3/t8-,9-,10+,13+/m1/s1. The van der Waals surface area contributed by atoms with Gasteiger partial charge in [0.1, 0.15) is 18.3 Å². The lowest BCUT2D eigenvalue weighted by Gasteiger charge is -2.40. The summed E-state index contributed by atoms with van der Waals surface area (Å²) >= 11 is 2.33. The maximum atomic E-state index is 6.07. The maximum Gasteiger partial charge on any atom is 0.201 e. The SMILES string of the molecule is CC1(C)O[C@@H]2[C@@H](CO[C@@]3(CCI)OC(C)(C)O[C@@H]23)O1. The fourth-order valence-corrected chi connectivity index (χ4v) is 3.94. The van der Waals surface area contributed by atoms with Gasteiger partial charge in [-0.15, -0.1) is 0 Å². The monoisotopic (exact) mass is 384 g/mol. The largest absolute Gasteiger partial charge is 0.344 e. The fraction of sp³-hybridized carbons (Fsp3) is 1.00. The van der Waals surface area contributed by atoms with Gasteiger partial charge in [0.15, 0.2) is 11.6 Å². The van der Waals surface area contributed by atoms with Gasteiger partial charge in [-0.05, 0) is 27.7 Å². The smallest absolute Gasteiger partial charge is 0.201 e. The molecule has 3 saturated heterocycles. The van der Waals surface area contributed by atoms with Crippen molar-refractivity contribution in [2.75, 3.05) is 11.0 Å². The Morgan fingerprint density at radius 3 is 2.47 bits per heavy atom. The van der Waals surface area contributed by atoms with Crippen LogP contribution < -0.4 is 0 Å². The number of alkyl halides is 1. The highest BCUT2D eigenvalue weighted by atomic mass is 127. The summed E-state index contributed by atoms with van der Waals surface area (Å²) in [5.41, 5.74) is 0. The van der Waals surface area contributed by atoms with Crippen LogP contribution >= 0.6 is 22.6 Å². The molecule has 3 rings (SSSR count). The van der Waals surface area contributed by atoms with Crippen molar-refractivity contribution in [3.63, 3.8) is 0 Å². The first-order chi connectivity index (χ1) is 8.77. The lowest BCUT2D eigenvalue weighted by molar-refractivity contribution is -0.281. The number of halogens is 1. The maximum absolute atomic E-state index is 6.07. The van der Waals surface area contributed by atoms with Gasteiger partial charge >= 0.3 is 0 Å². The highest BCUT2D eigenvalue weighted by molar-refractivity contribution is 14.1. The number of ether oxygens (including phenoxy) is 5. The van der Waals surface area contributed by atoms with Crippen molar-refractivity contribution >= 4 is 22.6 Å². The lowest BCUT2D eigenvalue weighted by atomic mass is 9.95. The van der Waals surface area contributed by atoms with Crippen molar-refractivity contribution in [3.05, 3.63) is 0 Å². The van der Waals surface area contributed by atoms with Gasteiger partial charge in [0, 0.05) is 10.8 Å². The van der Waals surface area contributed by atoms with Crippen LogP contribution in [0.2, 0.25) is 0 Å². The Kier molecular flexibility index (Phi) is 3.43. The molecule has 0 aromatic heterocycles. The second-order valence-electron chi connectivity index (χ2n) is 6.24. The summed E-state index contributed by atoms with van der Waals surface area (Å²) < 4.78 is 31.0. The van der Waals surface area contributed by atoms with Crippen LogP contribution in [0.5, 0.6) is 0 Å². The first-order valence-corrected chi connectivity index (χ1v) is 8.23. The van der Waals surface area contributed by atoms with Gasteiger partial charge in [-0.3, -0.25) is 0 Å². The molecule has 6 heteroatoms. The van der Waals surface area contributed by atoms with Crippen molar-refractivity contribution in [1.82, 2.24) is 0 Å². The lowest BCUT2D eigenvalue weighted by Crippen LogP contribution is -2.58. The van der Waals surface area contributed by atoms with Gasteiger partial charge in [-0.25, -0.2) is 0 Å². The summed E-state index contributed by atoms with van der Waals surface area (Å²) in [6.07, 6.45) is 0.334. The number of hydrogen-bond donors (Lipinski definition) is 0. The van der Waals surface area contributed by atoms with Gasteiger partial charge in [0.25, 0.3) is 0 Å². The molecule has 0 saturated carbocycles. The molecule has 3 aliphatic rings. The van der Waals surface area contributed by atoms with Crippen LogP contribution in [0, 0.1) is 0 Å².